The van der Waals surface area contributed by atoms with Crippen molar-refractivity contribution < 1.29 is 14.3 Å². The monoisotopic (exact) mass is 529 g/mol. The third-order valence-electron chi connectivity index (χ3n) is 6.04. The molecular weight excluding hydrogens is 498 g/mol. The van der Waals surface area contributed by atoms with Crippen LogP contribution in [-0.4, -0.2) is 39.4 Å². The lowest BCUT2D eigenvalue weighted by Gasteiger charge is -2.22. The van der Waals surface area contributed by atoms with Crippen LogP contribution >= 0.6 is 11.8 Å². The maximum absolute atomic E-state index is 13.0. The molecule has 9 heteroatoms. The number of fused-ring (bicyclic) bond motifs is 1. The second-order valence-electron chi connectivity index (χ2n) is 9.03. The maximum atomic E-state index is 13.0. The highest BCUT2D eigenvalue weighted by Crippen LogP contribution is 2.27. The van der Waals surface area contributed by atoms with Crippen molar-refractivity contribution >= 4 is 40.0 Å². The number of aromatic nitrogens is 3. The Labute approximate surface area is 226 Å². The molecule has 0 aliphatic heterocycles. The Morgan fingerprint density at radius 2 is 1.79 bits per heavy atom. The van der Waals surface area contributed by atoms with Crippen LogP contribution < -0.4 is 15.4 Å². The number of allylic oxidation sites excluding steroid dienone is 1. The second kappa shape index (κ2) is 12.4. The number of hydrogen-bond acceptors (Lipinski definition) is 6. The number of anilines is 1. The van der Waals surface area contributed by atoms with Gasteiger partial charge in [0.1, 0.15) is 5.75 Å². The van der Waals surface area contributed by atoms with E-state index in [0.29, 0.717) is 28.8 Å². The van der Waals surface area contributed by atoms with Crippen LogP contribution in [0.2, 0.25) is 0 Å². The number of methoxy groups -OCH3 is 1. The van der Waals surface area contributed by atoms with Crippen LogP contribution in [0.15, 0.2) is 84.5 Å². The summed E-state index contributed by atoms with van der Waals surface area (Å²) in [4.78, 5) is 25.8. The maximum Gasteiger partial charge on any atom is 0.251 e. The van der Waals surface area contributed by atoms with Gasteiger partial charge in [-0.1, -0.05) is 68.1 Å². The average Bonchev–Trinajstić information content (AvgIpc) is 3.32. The van der Waals surface area contributed by atoms with Crippen molar-refractivity contribution in [3.63, 3.8) is 0 Å². The van der Waals surface area contributed by atoms with E-state index in [2.05, 4.69) is 27.4 Å². The Morgan fingerprint density at radius 3 is 2.50 bits per heavy atom. The Morgan fingerprint density at radius 1 is 1.05 bits per heavy atom. The lowest BCUT2D eigenvalue weighted by Crippen LogP contribution is -2.33. The van der Waals surface area contributed by atoms with Crippen molar-refractivity contribution in [2.75, 3.05) is 18.2 Å². The summed E-state index contributed by atoms with van der Waals surface area (Å²) in [5.74, 6) is 1.12. The second-order valence-corrected chi connectivity index (χ2v) is 9.97. The van der Waals surface area contributed by atoms with E-state index in [-0.39, 0.29) is 23.5 Å². The molecule has 2 N–H and O–H groups in total. The van der Waals surface area contributed by atoms with Gasteiger partial charge < -0.3 is 19.9 Å². The van der Waals surface area contributed by atoms with Gasteiger partial charge >= 0.3 is 0 Å². The summed E-state index contributed by atoms with van der Waals surface area (Å²) in [6, 6.07) is 20.3. The summed E-state index contributed by atoms with van der Waals surface area (Å²) >= 11 is 1.29. The Balaban J connectivity index is 1.48. The number of rotatable bonds is 11. The fraction of sp³-hybridized carbons (Fsp3) is 0.241. The van der Waals surface area contributed by atoms with Gasteiger partial charge in [0, 0.05) is 23.2 Å². The Hall–Kier alpha value is -4.11. The number of nitrogens with one attached hydrogen (secondary N) is 2. The molecule has 3 aromatic carbocycles. The number of carbonyl (C=O) groups is 2. The van der Waals surface area contributed by atoms with E-state index >= 15 is 0 Å². The van der Waals surface area contributed by atoms with Crippen molar-refractivity contribution in [3.8, 4) is 5.75 Å². The third kappa shape index (κ3) is 6.23. The van der Waals surface area contributed by atoms with Gasteiger partial charge in [0.05, 0.1) is 18.9 Å². The molecular formula is C29H31N5O3S. The quantitative estimate of drug-likeness (QED) is 0.197. The van der Waals surface area contributed by atoms with Gasteiger partial charge in [-0.05, 0) is 41.6 Å². The molecule has 196 valence electrons. The number of amides is 2. The van der Waals surface area contributed by atoms with E-state index in [1.807, 2.05) is 60.9 Å². The van der Waals surface area contributed by atoms with E-state index in [9.17, 15) is 9.59 Å². The fourth-order valence-electron chi connectivity index (χ4n) is 4.08. The van der Waals surface area contributed by atoms with E-state index in [1.54, 1.807) is 37.5 Å². The first-order chi connectivity index (χ1) is 18.4. The molecule has 0 aliphatic rings. The minimum atomic E-state index is -0.393. The summed E-state index contributed by atoms with van der Waals surface area (Å²) < 4.78 is 7.07. The molecule has 0 saturated heterocycles. The van der Waals surface area contributed by atoms with Gasteiger partial charge in [0.2, 0.25) is 5.91 Å². The van der Waals surface area contributed by atoms with Crippen molar-refractivity contribution in [2.24, 2.45) is 5.92 Å². The number of thioether (sulfide) groups is 1. The molecule has 1 atom stereocenters. The first-order valence-corrected chi connectivity index (χ1v) is 13.3. The highest BCUT2D eigenvalue weighted by molar-refractivity contribution is 7.99. The molecule has 1 heterocycles. The molecule has 2 amide bonds. The number of ether oxygens (including phenoxy) is 1. The van der Waals surface area contributed by atoms with Gasteiger partial charge in [-0.25, -0.2) is 0 Å². The zero-order chi connectivity index (χ0) is 27.1. The molecule has 4 rings (SSSR count). The predicted molar refractivity (Wildman–Crippen MR) is 152 cm³/mol. The zero-order valence-corrected chi connectivity index (χ0v) is 22.5. The molecule has 38 heavy (non-hydrogen) atoms. The Kier molecular flexibility index (Phi) is 8.81. The number of nitrogens with zero attached hydrogens (tertiary/aromatic N) is 3. The van der Waals surface area contributed by atoms with Crippen molar-refractivity contribution in [1.82, 2.24) is 20.1 Å². The molecule has 0 spiro atoms. The summed E-state index contributed by atoms with van der Waals surface area (Å²) in [5.41, 5.74) is 1.29. The minimum absolute atomic E-state index is 0.0393. The smallest absolute Gasteiger partial charge is 0.251 e. The van der Waals surface area contributed by atoms with Crippen LogP contribution in [0.3, 0.4) is 0 Å². The first kappa shape index (κ1) is 26.9. The van der Waals surface area contributed by atoms with Gasteiger partial charge in [0.15, 0.2) is 11.0 Å². The van der Waals surface area contributed by atoms with Crippen LogP contribution in [0.1, 0.15) is 36.1 Å². The van der Waals surface area contributed by atoms with Crippen LogP contribution in [0.5, 0.6) is 5.75 Å². The van der Waals surface area contributed by atoms with Gasteiger partial charge in [-0.2, -0.15) is 0 Å². The van der Waals surface area contributed by atoms with E-state index < -0.39 is 6.04 Å². The summed E-state index contributed by atoms with van der Waals surface area (Å²) in [5, 5.41) is 17.5. The number of benzene rings is 3. The van der Waals surface area contributed by atoms with E-state index in [4.69, 9.17) is 4.74 Å². The summed E-state index contributed by atoms with van der Waals surface area (Å²) in [7, 11) is 1.58. The molecule has 1 aromatic heterocycles. The molecule has 0 radical (unpaired) electrons. The average molecular weight is 530 g/mol. The largest absolute Gasteiger partial charge is 0.497 e. The topological polar surface area (TPSA) is 98.1 Å². The van der Waals surface area contributed by atoms with Gasteiger partial charge in [-0.15, -0.1) is 16.8 Å². The summed E-state index contributed by atoms with van der Waals surface area (Å²) in [6.45, 7) is 8.32. The SMILES string of the molecule is C=CCn1c(SCC(=O)Nc2cccc3ccccc23)nnc1[C@@H](NC(=O)c1ccc(OC)cc1)C(C)C. The van der Waals surface area contributed by atoms with Crippen molar-refractivity contribution in [1.29, 1.82) is 0 Å². The highest BCUT2D eigenvalue weighted by Gasteiger charge is 2.26. The standard InChI is InChI=1S/C29H31N5O3S/c1-5-17-34-27(26(19(2)3)31-28(36)21-13-15-22(37-4)16-14-21)32-33-29(34)38-18-25(35)30-24-12-8-10-20-9-6-7-11-23(20)24/h5-16,19,26H,1,17-18H2,2-4H3,(H,30,35)(H,31,36)/t26-/m0/s1. The third-order valence-corrected chi connectivity index (χ3v) is 7.00. The molecule has 4 aromatic rings. The van der Waals surface area contributed by atoms with Crippen LogP contribution in [-0.2, 0) is 11.3 Å². The fourth-order valence-corrected chi connectivity index (χ4v) is 4.84. The van der Waals surface area contributed by atoms with E-state index in [1.165, 1.54) is 11.8 Å². The molecule has 0 unspecified atom stereocenters. The van der Waals surface area contributed by atoms with Gasteiger partial charge in [0.25, 0.3) is 5.91 Å². The highest BCUT2D eigenvalue weighted by atomic mass is 32.2. The molecule has 0 fully saturated rings. The van der Waals surface area contributed by atoms with Crippen molar-refractivity contribution in [3.05, 3.63) is 90.8 Å². The number of hydrogen-bond donors (Lipinski definition) is 2. The normalized spacial score (nSPS) is 11.8. The van der Waals surface area contributed by atoms with E-state index in [0.717, 1.165) is 16.5 Å². The first-order valence-electron chi connectivity index (χ1n) is 12.3. The lowest BCUT2D eigenvalue weighted by atomic mass is 10.0. The molecule has 0 saturated carbocycles. The number of carbonyl (C=O) groups excluding carboxylic acids is 2. The summed E-state index contributed by atoms with van der Waals surface area (Å²) in [6.07, 6.45) is 1.75. The molecule has 0 aliphatic carbocycles. The predicted octanol–water partition coefficient (Wildman–Crippen LogP) is 5.48. The van der Waals surface area contributed by atoms with Crippen LogP contribution in [0.4, 0.5) is 5.69 Å². The zero-order valence-electron chi connectivity index (χ0n) is 21.7. The lowest BCUT2D eigenvalue weighted by molar-refractivity contribution is -0.113. The van der Waals surface area contributed by atoms with Crippen LogP contribution in [0, 0.1) is 5.92 Å². The van der Waals surface area contributed by atoms with Crippen molar-refractivity contribution in [2.45, 2.75) is 31.6 Å². The minimum Gasteiger partial charge on any atom is -0.497 e. The molecule has 0 bridgehead atoms. The van der Waals surface area contributed by atoms with Crippen LogP contribution in [0.25, 0.3) is 10.8 Å². The Bertz CT molecular complexity index is 1430. The van der Waals surface area contributed by atoms with Gasteiger partial charge in [-0.3, -0.25) is 9.59 Å². The molecule has 8 nitrogen and oxygen atoms in total.